The summed E-state index contributed by atoms with van der Waals surface area (Å²) < 4.78 is 27.4. The van der Waals surface area contributed by atoms with Gasteiger partial charge in [-0.2, -0.15) is 0 Å². The lowest BCUT2D eigenvalue weighted by atomic mass is 10.2. The fraction of sp³-hybridized carbons (Fsp3) is 0.0833. The highest BCUT2D eigenvalue weighted by Crippen LogP contribution is 2.26. The van der Waals surface area contributed by atoms with Crippen molar-refractivity contribution in [1.29, 1.82) is 0 Å². The highest BCUT2D eigenvalue weighted by Gasteiger charge is 2.22. The van der Waals surface area contributed by atoms with E-state index < -0.39 is 10.0 Å². The van der Waals surface area contributed by atoms with Crippen molar-refractivity contribution in [3.63, 3.8) is 0 Å². The molecule has 21 heavy (non-hydrogen) atoms. The number of aromatic nitrogens is 2. The number of carbonyl (C=O) groups excluding carboxylic acids is 1. The van der Waals surface area contributed by atoms with Crippen LogP contribution in [0.1, 0.15) is 5.56 Å². The van der Waals surface area contributed by atoms with Crippen molar-refractivity contribution in [2.45, 2.75) is 11.3 Å². The van der Waals surface area contributed by atoms with Crippen molar-refractivity contribution < 1.29 is 13.2 Å². The molecule has 0 bridgehead atoms. The van der Waals surface area contributed by atoms with Gasteiger partial charge in [-0.15, -0.1) is 0 Å². The molecule has 0 aliphatic carbocycles. The van der Waals surface area contributed by atoms with Crippen molar-refractivity contribution >= 4 is 43.4 Å². The van der Waals surface area contributed by atoms with Gasteiger partial charge in [0.25, 0.3) is 10.0 Å². The van der Waals surface area contributed by atoms with Crippen molar-refractivity contribution in [1.82, 2.24) is 9.97 Å². The van der Waals surface area contributed by atoms with Crippen LogP contribution in [0.3, 0.4) is 0 Å². The number of halogens is 1. The zero-order chi connectivity index (χ0) is 15.0. The second-order valence-electron chi connectivity index (χ2n) is 4.37. The number of nitrogens with zero attached hydrogens (tertiary/aromatic N) is 2. The minimum atomic E-state index is -3.77. The normalized spacial score (nSPS) is 13.7. The minimum Gasteiger partial charge on any atom is -0.326 e. The van der Waals surface area contributed by atoms with Crippen LogP contribution in [0.4, 0.5) is 11.5 Å². The summed E-state index contributed by atoms with van der Waals surface area (Å²) in [5.74, 6) is -0.0285. The molecule has 0 saturated heterocycles. The molecule has 0 saturated carbocycles. The van der Waals surface area contributed by atoms with E-state index in [9.17, 15) is 13.2 Å². The fourth-order valence-electron chi connectivity index (χ4n) is 1.93. The van der Waals surface area contributed by atoms with E-state index in [4.69, 9.17) is 0 Å². The molecule has 1 aromatic carbocycles. The third-order valence-corrected chi connectivity index (χ3v) is 4.63. The zero-order valence-electron chi connectivity index (χ0n) is 10.5. The molecule has 0 fully saturated rings. The molecule has 7 nitrogen and oxygen atoms in total. The van der Waals surface area contributed by atoms with Crippen molar-refractivity contribution in [2.24, 2.45) is 0 Å². The summed E-state index contributed by atoms with van der Waals surface area (Å²) in [6, 6.07) is 4.48. The molecule has 1 aliphatic rings. The summed E-state index contributed by atoms with van der Waals surface area (Å²) >= 11 is 3.12. The summed E-state index contributed by atoms with van der Waals surface area (Å²) in [6.45, 7) is 0. The lowest BCUT2D eigenvalue weighted by molar-refractivity contribution is -0.115. The van der Waals surface area contributed by atoms with Gasteiger partial charge in [0.1, 0.15) is 4.60 Å². The minimum absolute atomic E-state index is 0.0717. The number of sulfonamides is 1. The number of fused-ring (bicyclic) bond motifs is 1. The first-order valence-corrected chi connectivity index (χ1v) is 8.15. The van der Waals surface area contributed by atoms with Gasteiger partial charge in [-0.3, -0.25) is 9.52 Å². The van der Waals surface area contributed by atoms with Crippen molar-refractivity contribution in [2.75, 3.05) is 10.0 Å². The molecule has 1 aromatic heterocycles. The number of rotatable bonds is 3. The van der Waals surface area contributed by atoms with Crippen molar-refractivity contribution in [3.8, 4) is 0 Å². The molecule has 9 heteroatoms. The molecule has 1 amide bonds. The Morgan fingerprint density at radius 1 is 1.24 bits per heavy atom. The molecule has 0 atom stereocenters. The summed E-state index contributed by atoms with van der Waals surface area (Å²) in [4.78, 5) is 19.2. The second kappa shape index (κ2) is 5.08. The summed E-state index contributed by atoms with van der Waals surface area (Å²) in [5, 5.41) is 2.65. The van der Waals surface area contributed by atoms with E-state index in [1.807, 2.05) is 0 Å². The first-order chi connectivity index (χ1) is 9.94. The van der Waals surface area contributed by atoms with E-state index in [1.165, 1.54) is 24.5 Å². The van der Waals surface area contributed by atoms with Crippen LogP contribution in [0.2, 0.25) is 0 Å². The first kappa shape index (κ1) is 14.0. The van der Waals surface area contributed by atoms with Crippen LogP contribution in [0.15, 0.2) is 40.1 Å². The van der Waals surface area contributed by atoms with Gasteiger partial charge >= 0.3 is 0 Å². The van der Waals surface area contributed by atoms with Crippen LogP contribution in [0, 0.1) is 0 Å². The van der Waals surface area contributed by atoms with E-state index in [2.05, 4.69) is 35.9 Å². The Labute approximate surface area is 129 Å². The van der Waals surface area contributed by atoms with Gasteiger partial charge in [0.05, 0.1) is 23.7 Å². The Hall–Kier alpha value is -2.00. The monoisotopic (exact) mass is 368 g/mol. The zero-order valence-corrected chi connectivity index (χ0v) is 12.9. The number of nitrogens with one attached hydrogen (secondary N) is 2. The van der Waals surface area contributed by atoms with Crippen LogP contribution in [0.5, 0.6) is 0 Å². The molecular weight excluding hydrogens is 360 g/mol. The van der Waals surface area contributed by atoms with Gasteiger partial charge in [0.2, 0.25) is 5.91 Å². The number of amides is 1. The highest BCUT2D eigenvalue weighted by atomic mass is 79.9. The van der Waals surface area contributed by atoms with E-state index in [1.54, 1.807) is 6.07 Å². The first-order valence-electron chi connectivity index (χ1n) is 5.87. The average molecular weight is 369 g/mol. The van der Waals surface area contributed by atoms with Crippen LogP contribution in [-0.4, -0.2) is 24.3 Å². The van der Waals surface area contributed by atoms with E-state index >= 15 is 0 Å². The summed E-state index contributed by atoms with van der Waals surface area (Å²) in [7, 11) is -3.77. The molecule has 0 radical (unpaired) electrons. The lowest BCUT2D eigenvalue weighted by Crippen LogP contribution is -2.14. The topological polar surface area (TPSA) is 101 Å². The maximum Gasteiger partial charge on any atom is 0.263 e. The molecule has 3 rings (SSSR count). The predicted molar refractivity (Wildman–Crippen MR) is 79.3 cm³/mol. The highest BCUT2D eigenvalue weighted by molar-refractivity contribution is 9.10. The smallest absolute Gasteiger partial charge is 0.263 e. The van der Waals surface area contributed by atoms with Crippen LogP contribution in [-0.2, 0) is 21.2 Å². The second-order valence-corrected chi connectivity index (χ2v) is 6.87. The molecular formula is C12H9BrN4O3S. The molecule has 2 N–H and O–H groups in total. The third-order valence-electron chi connectivity index (χ3n) is 2.87. The maximum atomic E-state index is 12.3. The number of anilines is 2. The predicted octanol–water partition coefficient (Wildman–Crippen LogP) is 1.53. The van der Waals surface area contributed by atoms with Gasteiger partial charge in [-0.05, 0) is 39.7 Å². The van der Waals surface area contributed by atoms with Gasteiger partial charge in [0.15, 0.2) is 5.82 Å². The quantitative estimate of drug-likeness (QED) is 0.855. The molecule has 2 aromatic rings. The Kier molecular flexibility index (Phi) is 3.38. The van der Waals surface area contributed by atoms with Gasteiger partial charge in [-0.1, -0.05) is 0 Å². The summed E-state index contributed by atoms with van der Waals surface area (Å²) in [6.07, 6.45) is 2.87. The molecule has 0 spiro atoms. The van der Waals surface area contributed by atoms with E-state index in [-0.39, 0.29) is 23.0 Å². The Morgan fingerprint density at radius 2 is 2.05 bits per heavy atom. The number of carbonyl (C=O) groups is 1. The third kappa shape index (κ3) is 2.88. The Bertz CT molecular complexity index is 821. The van der Waals surface area contributed by atoms with Crippen LogP contribution in [0.25, 0.3) is 0 Å². The lowest BCUT2D eigenvalue weighted by Gasteiger charge is -2.08. The van der Waals surface area contributed by atoms with Crippen LogP contribution < -0.4 is 10.0 Å². The van der Waals surface area contributed by atoms with E-state index in [0.29, 0.717) is 15.9 Å². The number of hydrogen-bond acceptors (Lipinski definition) is 5. The average Bonchev–Trinajstić information content (AvgIpc) is 2.80. The molecule has 2 heterocycles. The number of hydrogen-bond donors (Lipinski definition) is 2. The van der Waals surface area contributed by atoms with Gasteiger partial charge in [-0.25, -0.2) is 18.4 Å². The van der Waals surface area contributed by atoms with Gasteiger partial charge in [0, 0.05) is 5.69 Å². The number of benzene rings is 1. The molecule has 0 unspecified atom stereocenters. The van der Waals surface area contributed by atoms with Crippen LogP contribution >= 0.6 is 15.9 Å². The molecule has 1 aliphatic heterocycles. The van der Waals surface area contributed by atoms with Gasteiger partial charge < -0.3 is 5.32 Å². The fourth-order valence-corrected chi connectivity index (χ4v) is 3.18. The standard InChI is InChI=1S/C12H9BrN4O3S/c13-10-5-15-11(6-14-10)17-21(19,20)8-1-2-9-7(3-8)4-12(18)16-9/h1-3,5-6H,4H2,(H,15,17)(H,16,18). The maximum absolute atomic E-state index is 12.3. The summed E-state index contributed by atoms with van der Waals surface area (Å²) in [5.41, 5.74) is 1.30. The molecule has 108 valence electrons. The van der Waals surface area contributed by atoms with Crippen molar-refractivity contribution in [3.05, 3.63) is 40.8 Å². The SMILES string of the molecule is O=C1Cc2cc(S(=O)(=O)Nc3cnc(Br)cn3)ccc2N1. The van der Waals surface area contributed by atoms with E-state index in [0.717, 1.165) is 0 Å². The Morgan fingerprint density at radius 3 is 2.76 bits per heavy atom. The Balaban J connectivity index is 1.90. The largest absolute Gasteiger partial charge is 0.326 e.